The Kier molecular flexibility index (Phi) is 8.09. The van der Waals surface area contributed by atoms with Gasteiger partial charge in [-0.25, -0.2) is 9.07 Å². The van der Waals surface area contributed by atoms with Crippen molar-refractivity contribution < 1.29 is 18.7 Å². The summed E-state index contributed by atoms with van der Waals surface area (Å²) in [6.07, 6.45) is 7.50. The zero-order chi connectivity index (χ0) is 30.7. The van der Waals surface area contributed by atoms with E-state index in [1.54, 1.807) is 42.7 Å². The minimum Gasteiger partial charge on any atom is -0.496 e. The van der Waals surface area contributed by atoms with Gasteiger partial charge in [0.2, 0.25) is 5.91 Å². The molecule has 44 heavy (non-hydrogen) atoms. The van der Waals surface area contributed by atoms with Gasteiger partial charge in [-0.1, -0.05) is 18.2 Å². The molecule has 2 aromatic heterocycles. The number of methoxy groups -OCH3 is 1. The maximum atomic E-state index is 14.5. The number of amides is 2. The normalized spacial score (nSPS) is 20.0. The molecule has 0 aliphatic carbocycles. The Labute approximate surface area is 254 Å². The molecule has 2 amide bonds. The van der Waals surface area contributed by atoms with Gasteiger partial charge in [0.25, 0.3) is 5.91 Å². The molecule has 0 radical (unpaired) electrons. The van der Waals surface area contributed by atoms with Crippen LogP contribution in [0.1, 0.15) is 47.2 Å². The summed E-state index contributed by atoms with van der Waals surface area (Å²) in [5.41, 5.74) is 7.53. The van der Waals surface area contributed by atoms with Gasteiger partial charge in [0, 0.05) is 30.9 Å². The molecule has 6 rings (SSSR count). The predicted octanol–water partition coefficient (Wildman–Crippen LogP) is 2.90. The number of ether oxygens (including phenoxy) is 1. The summed E-state index contributed by atoms with van der Waals surface area (Å²) >= 11 is 0. The van der Waals surface area contributed by atoms with Gasteiger partial charge in [0.1, 0.15) is 17.9 Å². The van der Waals surface area contributed by atoms with Crippen molar-refractivity contribution in [3.8, 4) is 11.4 Å². The number of piperidine rings is 1. The van der Waals surface area contributed by atoms with Gasteiger partial charge in [0.15, 0.2) is 0 Å². The molecule has 228 valence electrons. The molecule has 0 spiro atoms. The summed E-state index contributed by atoms with van der Waals surface area (Å²) in [5, 5.41) is 11.3. The molecule has 0 saturated carbocycles. The number of halogens is 1. The first-order valence-corrected chi connectivity index (χ1v) is 14.7. The number of tetrazole rings is 1. The van der Waals surface area contributed by atoms with E-state index in [0.717, 1.165) is 24.1 Å². The Bertz CT molecular complexity index is 1630. The number of pyridine rings is 1. The van der Waals surface area contributed by atoms with Crippen molar-refractivity contribution in [2.24, 2.45) is 5.73 Å². The Balaban J connectivity index is 1.21. The number of nitrogens with zero attached hydrogens (tertiary/aromatic N) is 7. The van der Waals surface area contributed by atoms with E-state index in [-0.39, 0.29) is 17.6 Å². The van der Waals surface area contributed by atoms with Crippen molar-refractivity contribution in [3.05, 3.63) is 95.8 Å². The average molecular weight is 599 g/mol. The summed E-state index contributed by atoms with van der Waals surface area (Å²) in [4.78, 5) is 35.0. The molecule has 1 atom stereocenters. The molecule has 2 fully saturated rings. The van der Waals surface area contributed by atoms with Gasteiger partial charge in [-0.05, 0) is 103 Å². The molecule has 2 aliphatic rings. The van der Waals surface area contributed by atoms with Crippen LogP contribution in [0.4, 0.5) is 4.39 Å². The number of hydrogen-bond acceptors (Lipinski definition) is 8. The number of hydrogen-bond donors (Lipinski definition) is 1. The Morgan fingerprint density at radius 1 is 1.02 bits per heavy atom. The van der Waals surface area contributed by atoms with E-state index in [4.69, 9.17) is 10.5 Å². The molecule has 2 aromatic carbocycles. The van der Waals surface area contributed by atoms with Crippen LogP contribution >= 0.6 is 0 Å². The van der Waals surface area contributed by atoms with Gasteiger partial charge in [-0.2, -0.15) is 0 Å². The van der Waals surface area contributed by atoms with E-state index in [9.17, 15) is 14.0 Å². The third-order valence-electron chi connectivity index (χ3n) is 9.41. The summed E-state index contributed by atoms with van der Waals surface area (Å²) < 4.78 is 21.6. The lowest BCUT2D eigenvalue weighted by atomic mass is 9.72. The molecule has 0 bridgehead atoms. The number of rotatable bonds is 9. The van der Waals surface area contributed by atoms with Gasteiger partial charge in [0.05, 0.1) is 23.8 Å². The fraction of sp³-hybridized carbons (Fsp3) is 0.375. The maximum absolute atomic E-state index is 14.5. The summed E-state index contributed by atoms with van der Waals surface area (Å²) in [7, 11) is 1.53. The first-order chi connectivity index (χ1) is 21.3. The average Bonchev–Trinajstić information content (AvgIpc) is 3.76. The van der Waals surface area contributed by atoms with Crippen LogP contribution in [0.15, 0.2) is 73.3 Å². The molecule has 1 unspecified atom stereocenters. The second kappa shape index (κ2) is 12.1. The first kappa shape index (κ1) is 29.4. The predicted molar refractivity (Wildman–Crippen MR) is 160 cm³/mol. The van der Waals surface area contributed by atoms with Crippen LogP contribution in [-0.4, -0.2) is 86.6 Å². The maximum Gasteiger partial charge on any atom is 0.257 e. The lowest BCUT2D eigenvalue weighted by Gasteiger charge is -2.41. The van der Waals surface area contributed by atoms with E-state index >= 15 is 0 Å². The van der Waals surface area contributed by atoms with Crippen LogP contribution in [-0.2, 0) is 15.6 Å². The van der Waals surface area contributed by atoms with E-state index in [1.165, 1.54) is 24.2 Å². The van der Waals surface area contributed by atoms with Crippen LogP contribution in [0.3, 0.4) is 0 Å². The molecule has 4 heterocycles. The number of primary amides is 1. The van der Waals surface area contributed by atoms with Crippen molar-refractivity contribution in [1.29, 1.82) is 0 Å². The summed E-state index contributed by atoms with van der Waals surface area (Å²) in [5.74, 6) is -0.347. The molecule has 2 aliphatic heterocycles. The molecule has 11 nitrogen and oxygen atoms in total. The molecule has 4 aromatic rings. The number of likely N-dealkylation sites (tertiary alicyclic amines) is 2. The summed E-state index contributed by atoms with van der Waals surface area (Å²) in [6.45, 7) is 3.07. The van der Waals surface area contributed by atoms with E-state index in [2.05, 4.69) is 25.4 Å². The van der Waals surface area contributed by atoms with Crippen molar-refractivity contribution in [3.63, 3.8) is 0 Å². The van der Waals surface area contributed by atoms with Crippen LogP contribution in [0.5, 0.6) is 5.75 Å². The molecule has 12 heteroatoms. The lowest BCUT2D eigenvalue weighted by Crippen LogP contribution is -2.50. The van der Waals surface area contributed by atoms with Crippen LogP contribution in [0, 0.1) is 5.82 Å². The minimum absolute atomic E-state index is 0.171. The van der Waals surface area contributed by atoms with Crippen molar-refractivity contribution in [1.82, 2.24) is 35.0 Å². The summed E-state index contributed by atoms with van der Waals surface area (Å²) in [6, 6.07) is 15.7. The highest BCUT2D eigenvalue weighted by Crippen LogP contribution is 2.41. The second-order valence-corrected chi connectivity index (χ2v) is 11.7. The topological polar surface area (TPSA) is 132 Å². The minimum atomic E-state index is -0.739. The third kappa shape index (κ3) is 5.52. The van der Waals surface area contributed by atoms with E-state index in [1.807, 2.05) is 23.1 Å². The molecule has 2 N–H and O–H groups in total. The van der Waals surface area contributed by atoms with E-state index in [0.29, 0.717) is 62.4 Å². The SMILES string of the molecule is COc1ccc(-n2cnnn2)cc1C(=O)N1CCC(CCN2CCC(C(N)=O)(c3cccnc3)CC2)(c2cccc(F)c2)C1. The van der Waals surface area contributed by atoms with Crippen molar-refractivity contribution >= 4 is 11.8 Å². The highest BCUT2D eigenvalue weighted by molar-refractivity contribution is 5.98. The van der Waals surface area contributed by atoms with Gasteiger partial charge >= 0.3 is 0 Å². The quantitative estimate of drug-likeness (QED) is 0.311. The molecular formula is C32H35FN8O3. The third-order valence-corrected chi connectivity index (χ3v) is 9.41. The number of carbonyl (C=O) groups is 2. The fourth-order valence-electron chi connectivity index (χ4n) is 6.76. The lowest BCUT2D eigenvalue weighted by molar-refractivity contribution is -0.125. The highest BCUT2D eigenvalue weighted by Gasteiger charge is 2.44. The smallest absolute Gasteiger partial charge is 0.257 e. The monoisotopic (exact) mass is 598 g/mol. The number of benzene rings is 2. The standard InChI is InChI=1S/C32H35FN8O3/c1-44-28-8-7-26(41-22-36-37-38-41)19-27(28)29(42)40-17-10-31(21-40,23-4-2-6-25(33)18-23)9-14-39-15-11-32(12-16-39,30(34)43)24-5-3-13-35-20-24/h2-8,13,18-20,22H,9-12,14-17,21H2,1H3,(H2,34,43). The van der Waals surface area contributed by atoms with Crippen LogP contribution in [0.25, 0.3) is 5.69 Å². The van der Waals surface area contributed by atoms with Gasteiger partial charge < -0.3 is 20.3 Å². The fourth-order valence-corrected chi connectivity index (χ4v) is 6.76. The van der Waals surface area contributed by atoms with Gasteiger partial charge in [-0.15, -0.1) is 5.10 Å². The second-order valence-electron chi connectivity index (χ2n) is 11.7. The zero-order valence-corrected chi connectivity index (χ0v) is 24.6. The zero-order valence-electron chi connectivity index (χ0n) is 24.6. The number of nitrogens with two attached hydrogens (primary N) is 1. The molecular weight excluding hydrogens is 563 g/mol. The Morgan fingerprint density at radius 2 is 1.84 bits per heavy atom. The van der Waals surface area contributed by atoms with Crippen molar-refractivity contribution in [2.75, 3.05) is 39.8 Å². The van der Waals surface area contributed by atoms with E-state index < -0.39 is 10.8 Å². The van der Waals surface area contributed by atoms with Gasteiger partial charge in [-0.3, -0.25) is 14.6 Å². The number of carbonyl (C=O) groups excluding carboxylic acids is 2. The van der Waals surface area contributed by atoms with Crippen LogP contribution in [0.2, 0.25) is 0 Å². The Morgan fingerprint density at radius 3 is 2.52 bits per heavy atom. The largest absolute Gasteiger partial charge is 0.496 e. The van der Waals surface area contributed by atoms with Crippen molar-refractivity contribution in [2.45, 2.75) is 36.5 Å². The first-order valence-electron chi connectivity index (χ1n) is 14.7. The highest BCUT2D eigenvalue weighted by atomic mass is 19.1. The van der Waals surface area contributed by atoms with Crippen LogP contribution < -0.4 is 10.5 Å². The Hall–Kier alpha value is -4.71. The molecule has 2 saturated heterocycles. The number of aromatic nitrogens is 5.